The third kappa shape index (κ3) is 6.50. The average molecular weight is 441 g/mol. The van der Waals surface area contributed by atoms with Crippen molar-refractivity contribution in [3.8, 4) is 17.1 Å². The van der Waals surface area contributed by atoms with Gasteiger partial charge in [-0.2, -0.15) is 5.10 Å². The quantitative estimate of drug-likeness (QED) is 0.436. The lowest BCUT2D eigenvalue weighted by molar-refractivity contribution is -0.116. The van der Waals surface area contributed by atoms with Gasteiger partial charge in [-0.3, -0.25) is 14.5 Å². The van der Waals surface area contributed by atoms with E-state index in [2.05, 4.69) is 15.5 Å². The number of nitrogens with zero attached hydrogens (tertiary/aromatic N) is 2. The zero-order valence-electron chi connectivity index (χ0n) is 18.1. The molecule has 3 rings (SSSR count). The van der Waals surface area contributed by atoms with Gasteiger partial charge < -0.3 is 14.8 Å². The van der Waals surface area contributed by atoms with Gasteiger partial charge in [0, 0.05) is 24.2 Å². The van der Waals surface area contributed by atoms with Crippen molar-refractivity contribution in [2.45, 2.75) is 46.4 Å². The van der Waals surface area contributed by atoms with Gasteiger partial charge in [-0.15, -0.1) is 0 Å². The molecule has 1 amide bonds. The van der Waals surface area contributed by atoms with Crippen molar-refractivity contribution in [3.05, 3.63) is 58.9 Å². The molecule has 164 valence electrons. The Morgan fingerprint density at radius 2 is 2.00 bits per heavy atom. The molecule has 31 heavy (non-hydrogen) atoms. The molecule has 0 bridgehead atoms. The molecule has 0 radical (unpaired) electrons. The topological polar surface area (TPSA) is 81.2 Å². The summed E-state index contributed by atoms with van der Waals surface area (Å²) in [5.41, 5.74) is 2.66. The molecule has 0 saturated heterocycles. The van der Waals surface area contributed by atoms with Crippen molar-refractivity contribution in [2.75, 3.05) is 11.9 Å². The number of nitrogens with one attached hydrogen (secondary N) is 2. The lowest BCUT2D eigenvalue weighted by Gasteiger charge is -2.11. The highest BCUT2D eigenvalue weighted by Gasteiger charge is 2.11. The van der Waals surface area contributed by atoms with E-state index in [1.54, 1.807) is 0 Å². The van der Waals surface area contributed by atoms with Gasteiger partial charge in [0.1, 0.15) is 5.75 Å². The van der Waals surface area contributed by atoms with Crippen LogP contribution in [0.5, 0.6) is 5.75 Å². The van der Waals surface area contributed by atoms with E-state index in [9.17, 15) is 4.79 Å². The van der Waals surface area contributed by atoms with E-state index in [0.29, 0.717) is 30.4 Å². The molecule has 7 nitrogen and oxygen atoms in total. The number of aromatic nitrogens is 3. The second-order valence-electron chi connectivity index (χ2n) is 7.32. The fourth-order valence-corrected chi connectivity index (χ4v) is 3.27. The Morgan fingerprint density at radius 3 is 2.71 bits per heavy atom. The van der Waals surface area contributed by atoms with Crippen LogP contribution in [0.1, 0.15) is 32.8 Å². The number of carbonyl (C=O) groups excluding carboxylic acids is 1. The first-order chi connectivity index (χ1) is 15.0. The zero-order chi connectivity index (χ0) is 22.2. The SMILES string of the molecule is CCOc1ccc(-c2n[nH]c(=S)n2CCC(=O)Nc2cccc(COC(C)C)c2)cc1. The predicted octanol–water partition coefficient (Wildman–Crippen LogP) is 4.96. The second-order valence-corrected chi connectivity index (χ2v) is 7.71. The van der Waals surface area contributed by atoms with Gasteiger partial charge in [0.25, 0.3) is 0 Å². The molecule has 0 aliphatic rings. The summed E-state index contributed by atoms with van der Waals surface area (Å²) in [6, 6.07) is 15.3. The number of benzene rings is 2. The van der Waals surface area contributed by atoms with Crippen LogP contribution in [0, 0.1) is 4.77 Å². The summed E-state index contributed by atoms with van der Waals surface area (Å²) in [5.74, 6) is 1.39. The van der Waals surface area contributed by atoms with Crippen LogP contribution in [0.2, 0.25) is 0 Å². The maximum absolute atomic E-state index is 12.5. The molecule has 0 spiro atoms. The average Bonchev–Trinajstić information content (AvgIpc) is 3.12. The molecule has 0 saturated carbocycles. The lowest BCUT2D eigenvalue weighted by Crippen LogP contribution is -2.15. The van der Waals surface area contributed by atoms with Crippen molar-refractivity contribution in [3.63, 3.8) is 0 Å². The van der Waals surface area contributed by atoms with Crippen LogP contribution in [0.15, 0.2) is 48.5 Å². The standard InChI is InChI=1S/C23H28N4O3S/c1-4-29-20-10-8-18(9-11-20)22-25-26-23(31)27(22)13-12-21(28)24-19-7-5-6-17(14-19)15-30-16(2)3/h5-11,14,16H,4,12-13,15H2,1-3H3,(H,24,28)(H,26,31). The van der Waals surface area contributed by atoms with Crippen molar-refractivity contribution >= 4 is 23.8 Å². The van der Waals surface area contributed by atoms with E-state index in [1.165, 1.54) is 0 Å². The van der Waals surface area contributed by atoms with Crippen LogP contribution in [0.4, 0.5) is 5.69 Å². The zero-order valence-corrected chi connectivity index (χ0v) is 18.9. The Balaban J connectivity index is 1.63. The summed E-state index contributed by atoms with van der Waals surface area (Å²) < 4.78 is 13.4. The Kier molecular flexibility index (Phi) is 7.97. The minimum absolute atomic E-state index is 0.0947. The smallest absolute Gasteiger partial charge is 0.226 e. The van der Waals surface area contributed by atoms with E-state index < -0.39 is 0 Å². The summed E-state index contributed by atoms with van der Waals surface area (Å²) in [6.45, 7) is 7.47. The Morgan fingerprint density at radius 1 is 1.23 bits per heavy atom. The normalized spacial score (nSPS) is 11.0. The van der Waals surface area contributed by atoms with E-state index in [4.69, 9.17) is 21.7 Å². The van der Waals surface area contributed by atoms with Crippen LogP contribution < -0.4 is 10.1 Å². The monoisotopic (exact) mass is 440 g/mol. The predicted molar refractivity (Wildman–Crippen MR) is 124 cm³/mol. The molecule has 0 fully saturated rings. The van der Waals surface area contributed by atoms with E-state index in [-0.39, 0.29) is 18.4 Å². The first-order valence-corrected chi connectivity index (χ1v) is 10.8. The molecule has 0 aliphatic carbocycles. The van der Waals surface area contributed by atoms with Crippen molar-refractivity contribution in [1.29, 1.82) is 0 Å². The molecule has 1 heterocycles. The molecule has 1 aromatic heterocycles. The number of amides is 1. The summed E-state index contributed by atoms with van der Waals surface area (Å²) in [5, 5.41) is 10.1. The summed E-state index contributed by atoms with van der Waals surface area (Å²) >= 11 is 5.36. The third-order valence-electron chi connectivity index (χ3n) is 4.54. The number of anilines is 1. The Labute approximate surface area is 187 Å². The fourth-order valence-electron chi connectivity index (χ4n) is 3.05. The highest BCUT2D eigenvalue weighted by atomic mass is 32.1. The molecule has 0 aliphatic heterocycles. The van der Waals surface area contributed by atoms with Crippen LogP contribution in [-0.2, 0) is 22.7 Å². The lowest BCUT2D eigenvalue weighted by atomic mass is 10.2. The minimum Gasteiger partial charge on any atom is -0.494 e. The highest BCUT2D eigenvalue weighted by molar-refractivity contribution is 7.71. The largest absolute Gasteiger partial charge is 0.494 e. The van der Waals surface area contributed by atoms with Gasteiger partial charge >= 0.3 is 0 Å². The van der Waals surface area contributed by atoms with E-state index in [0.717, 1.165) is 22.6 Å². The first kappa shape index (κ1) is 22.7. The van der Waals surface area contributed by atoms with Gasteiger partial charge in [0.05, 0.1) is 19.3 Å². The maximum atomic E-state index is 12.5. The third-order valence-corrected chi connectivity index (χ3v) is 4.85. The molecular formula is C23H28N4O3S. The highest BCUT2D eigenvalue weighted by Crippen LogP contribution is 2.21. The van der Waals surface area contributed by atoms with Crippen molar-refractivity contribution < 1.29 is 14.3 Å². The summed E-state index contributed by atoms with van der Waals surface area (Å²) in [6.07, 6.45) is 0.423. The molecular weight excluding hydrogens is 412 g/mol. The van der Waals surface area contributed by atoms with Gasteiger partial charge in [-0.05, 0) is 75.0 Å². The van der Waals surface area contributed by atoms with E-state index in [1.807, 2.05) is 73.9 Å². The first-order valence-electron chi connectivity index (χ1n) is 10.3. The van der Waals surface area contributed by atoms with Gasteiger partial charge in [0.2, 0.25) is 5.91 Å². The number of rotatable bonds is 10. The van der Waals surface area contributed by atoms with Gasteiger partial charge in [0.15, 0.2) is 10.6 Å². The van der Waals surface area contributed by atoms with Gasteiger partial charge in [-0.25, -0.2) is 0 Å². The number of hydrogen-bond donors (Lipinski definition) is 2. The summed E-state index contributed by atoms with van der Waals surface area (Å²) in [4.78, 5) is 12.5. The molecule has 8 heteroatoms. The molecule has 0 atom stereocenters. The number of H-pyrrole nitrogens is 1. The molecule has 2 N–H and O–H groups in total. The van der Waals surface area contributed by atoms with Crippen LogP contribution in [-0.4, -0.2) is 33.4 Å². The minimum atomic E-state index is -0.0947. The fraction of sp³-hybridized carbons (Fsp3) is 0.348. The number of hydrogen-bond acceptors (Lipinski definition) is 5. The second kappa shape index (κ2) is 10.9. The summed E-state index contributed by atoms with van der Waals surface area (Å²) in [7, 11) is 0. The van der Waals surface area contributed by atoms with E-state index >= 15 is 0 Å². The number of carbonyl (C=O) groups is 1. The van der Waals surface area contributed by atoms with Gasteiger partial charge in [-0.1, -0.05) is 12.1 Å². The Bertz CT molecular complexity index is 1060. The Hall–Kier alpha value is -2.97. The molecule has 2 aromatic carbocycles. The number of ether oxygens (including phenoxy) is 2. The number of aromatic amines is 1. The van der Waals surface area contributed by atoms with Crippen molar-refractivity contribution in [1.82, 2.24) is 14.8 Å². The van der Waals surface area contributed by atoms with Crippen LogP contribution in [0.25, 0.3) is 11.4 Å². The van der Waals surface area contributed by atoms with Crippen LogP contribution in [0.3, 0.4) is 0 Å². The molecule has 3 aromatic rings. The maximum Gasteiger partial charge on any atom is 0.226 e. The van der Waals surface area contributed by atoms with Crippen LogP contribution >= 0.6 is 12.2 Å². The molecule has 0 unspecified atom stereocenters. The van der Waals surface area contributed by atoms with Crippen molar-refractivity contribution in [2.24, 2.45) is 0 Å².